The Morgan fingerprint density at radius 3 is 2.48 bits per heavy atom. The number of ether oxygens (including phenoxy) is 2. The molecule has 0 saturated carbocycles. The van der Waals surface area contributed by atoms with Crippen molar-refractivity contribution in [2.24, 2.45) is 0 Å². The zero-order chi connectivity index (χ0) is 18.6. The third-order valence-corrected chi connectivity index (χ3v) is 3.23. The Morgan fingerprint density at radius 2 is 1.80 bits per heavy atom. The minimum absolute atomic E-state index is 0.205. The van der Waals surface area contributed by atoms with Crippen LogP contribution in [-0.2, 0) is 9.53 Å². The highest BCUT2D eigenvalue weighted by atomic mass is 19.2. The van der Waals surface area contributed by atoms with Gasteiger partial charge in [-0.1, -0.05) is 6.07 Å². The van der Waals surface area contributed by atoms with E-state index in [1.807, 2.05) is 0 Å². The fraction of sp³-hybridized carbons (Fsp3) is 0.176. The molecular formula is C17H14F3NO4. The van der Waals surface area contributed by atoms with Crippen molar-refractivity contribution in [1.29, 1.82) is 0 Å². The SMILES string of the molecule is COC(=O)c1cccc(O[C@H](C)C(=O)Nc2ccc(F)c(F)c2F)c1. The van der Waals surface area contributed by atoms with Crippen molar-refractivity contribution in [1.82, 2.24) is 0 Å². The molecule has 0 saturated heterocycles. The first-order chi connectivity index (χ1) is 11.8. The zero-order valence-corrected chi connectivity index (χ0v) is 13.3. The van der Waals surface area contributed by atoms with Crippen LogP contribution in [0.5, 0.6) is 5.75 Å². The number of rotatable bonds is 5. The molecule has 1 amide bonds. The van der Waals surface area contributed by atoms with Crippen molar-refractivity contribution in [3.05, 3.63) is 59.4 Å². The van der Waals surface area contributed by atoms with Gasteiger partial charge in [-0.25, -0.2) is 18.0 Å². The summed E-state index contributed by atoms with van der Waals surface area (Å²) in [4.78, 5) is 23.5. The molecule has 0 heterocycles. The maximum absolute atomic E-state index is 13.6. The highest BCUT2D eigenvalue weighted by molar-refractivity contribution is 5.94. The highest BCUT2D eigenvalue weighted by Crippen LogP contribution is 2.21. The van der Waals surface area contributed by atoms with Gasteiger partial charge in [0.2, 0.25) is 0 Å². The predicted octanol–water partition coefficient (Wildman–Crippen LogP) is 3.30. The minimum Gasteiger partial charge on any atom is -0.481 e. The van der Waals surface area contributed by atoms with Gasteiger partial charge in [-0.15, -0.1) is 0 Å². The van der Waals surface area contributed by atoms with Gasteiger partial charge >= 0.3 is 5.97 Å². The van der Waals surface area contributed by atoms with E-state index in [9.17, 15) is 22.8 Å². The van der Waals surface area contributed by atoms with Gasteiger partial charge in [0.15, 0.2) is 23.6 Å². The molecule has 0 aliphatic rings. The Hall–Kier alpha value is -3.03. The quantitative estimate of drug-likeness (QED) is 0.662. The van der Waals surface area contributed by atoms with E-state index in [0.717, 1.165) is 6.07 Å². The Balaban J connectivity index is 2.08. The monoisotopic (exact) mass is 353 g/mol. The molecule has 5 nitrogen and oxygen atoms in total. The number of carbonyl (C=O) groups excluding carboxylic acids is 2. The normalized spacial score (nSPS) is 11.6. The number of carbonyl (C=O) groups is 2. The molecule has 1 N–H and O–H groups in total. The topological polar surface area (TPSA) is 64.6 Å². The molecule has 2 rings (SSSR count). The van der Waals surface area contributed by atoms with E-state index < -0.39 is 41.1 Å². The van der Waals surface area contributed by atoms with Gasteiger partial charge < -0.3 is 14.8 Å². The van der Waals surface area contributed by atoms with Crippen LogP contribution in [0.3, 0.4) is 0 Å². The molecule has 132 valence electrons. The van der Waals surface area contributed by atoms with E-state index in [4.69, 9.17) is 4.74 Å². The fourth-order valence-electron chi connectivity index (χ4n) is 1.93. The second-order valence-electron chi connectivity index (χ2n) is 4.99. The molecule has 0 aromatic heterocycles. The summed E-state index contributed by atoms with van der Waals surface area (Å²) in [5.41, 5.74) is -0.290. The first kappa shape index (κ1) is 18.3. The number of hydrogen-bond donors (Lipinski definition) is 1. The van der Waals surface area contributed by atoms with Crippen molar-refractivity contribution in [3.63, 3.8) is 0 Å². The van der Waals surface area contributed by atoms with Crippen molar-refractivity contribution in [3.8, 4) is 5.75 Å². The Morgan fingerprint density at radius 1 is 1.08 bits per heavy atom. The number of hydrogen-bond acceptors (Lipinski definition) is 4. The van der Waals surface area contributed by atoms with Gasteiger partial charge in [-0.3, -0.25) is 4.79 Å². The van der Waals surface area contributed by atoms with E-state index in [1.165, 1.54) is 38.3 Å². The Labute approximate surface area is 141 Å². The van der Waals surface area contributed by atoms with Crippen LogP contribution in [0.25, 0.3) is 0 Å². The average Bonchev–Trinajstić information content (AvgIpc) is 2.61. The standard InChI is InChI=1S/C17H14F3NO4/c1-9(25-11-5-3-4-10(8-11)17(23)24-2)16(22)21-13-7-6-12(18)14(19)15(13)20/h3-9H,1-2H3,(H,21,22)/t9-/m1/s1. The first-order valence-corrected chi connectivity index (χ1v) is 7.13. The highest BCUT2D eigenvalue weighted by Gasteiger charge is 2.20. The summed E-state index contributed by atoms with van der Waals surface area (Å²) in [5, 5.41) is 2.11. The summed E-state index contributed by atoms with van der Waals surface area (Å²) >= 11 is 0. The van der Waals surface area contributed by atoms with E-state index in [-0.39, 0.29) is 11.3 Å². The first-order valence-electron chi connectivity index (χ1n) is 7.13. The van der Waals surface area contributed by atoms with Crippen molar-refractivity contribution < 1.29 is 32.2 Å². The van der Waals surface area contributed by atoms with Crippen molar-refractivity contribution in [2.45, 2.75) is 13.0 Å². The molecular weight excluding hydrogens is 339 g/mol. The number of amides is 1. The van der Waals surface area contributed by atoms with Gasteiger partial charge in [0.05, 0.1) is 18.4 Å². The van der Waals surface area contributed by atoms with Crippen LogP contribution in [0.1, 0.15) is 17.3 Å². The lowest BCUT2D eigenvalue weighted by Crippen LogP contribution is -2.30. The summed E-state index contributed by atoms with van der Waals surface area (Å²) in [6.45, 7) is 1.37. The number of nitrogens with one attached hydrogen (secondary N) is 1. The lowest BCUT2D eigenvalue weighted by Gasteiger charge is -2.15. The molecule has 0 aliphatic heterocycles. The molecule has 25 heavy (non-hydrogen) atoms. The molecule has 0 spiro atoms. The molecule has 8 heteroatoms. The van der Waals surface area contributed by atoms with Gasteiger partial charge in [0.1, 0.15) is 5.75 Å². The summed E-state index contributed by atoms with van der Waals surface area (Å²) in [6.07, 6.45) is -1.10. The van der Waals surface area contributed by atoms with E-state index in [1.54, 1.807) is 0 Å². The van der Waals surface area contributed by atoms with Crippen LogP contribution in [-0.4, -0.2) is 25.1 Å². The molecule has 1 atom stereocenters. The molecule has 0 aliphatic carbocycles. The second-order valence-corrected chi connectivity index (χ2v) is 4.99. The van der Waals surface area contributed by atoms with E-state index in [2.05, 4.69) is 10.1 Å². The lowest BCUT2D eigenvalue weighted by atomic mass is 10.2. The predicted molar refractivity (Wildman–Crippen MR) is 82.8 cm³/mol. The summed E-state index contributed by atoms with van der Waals surface area (Å²) < 4.78 is 49.6. The molecule has 0 radical (unpaired) electrons. The second kappa shape index (κ2) is 7.69. The van der Waals surface area contributed by atoms with Gasteiger partial charge in [-0.2, -0.15) is 0 Å². The lowest BCUT2D eigenvalue weighted by molar-refractivity contribution is -0.122. The number of halogens is 3. The summed E-state index contributed by atoms with van der Waals surface area (Å²) in [5.74, 6) is -5.71. The fourth-order valence-corrected chi connectivity index (χ4v) is 1.93. The van der Waals surface area contributed by atoms with Crippen LogP contribution >= 0.6 is 0 Å². The summed E-state index contributed by atoms with van der Waals surface area (Å²) in [6, 6.07) is 7.50. The van der Waals surface area contributed by atoms with E-state index >= 15 is 0 Å². The molecule has 0 bridgehead atoms. The van der Waals surface area contributed by atoms with Crippen molar-refractivity contribution >= 4 is 17.6 Å². The third kappa shape index (κ3) is 4.28. The van der Waals surface area contributed by atoms with Crippen molar-refractivity contribution in [2.75, 3.05) is 12.4 Å². The zero-order valence-electron chi connectivity index (χ0n) is 13.3. The maximum Gasteiger partial charge on any atom is 0.337 e. The largest absolute Gasteiger partial charge is 0.481 e. The van der Waals surface area contributed by atoms with Crippen LogP contribution in [0.4, 0.5) is 18.9 Å². The van der Waals surface area contributed by atoms with Crippen LogP contribution < -0.4 is 10.1 Å². The molecule has 2 aromatic carbocycles. The Bertz CT molecular complexity index is 810. The smallest absolute Gasteiger partial charge is 0.337 e. The van der Waals surface area contributed by atoms with Gasteiger partial charge in [0.25, 0.3) is 5.91 Å². The number of anilines is 1. The number of methoxy groups -OCH3 is 1. The maximum atomic E-state index is 13.6. The van der Waals surface area contributed by atoms with Gasteiger partial charge in [-0.05, 0) is 37.3 Å². The van der Waals surface area contributed by atoms with Gasteiger partial charge in [0, 0.05) is 0 Å². The molecule has 0 unspecified atom stereocenters. The van der Waals surface area contributed by atoms with Crippen LogP contribution in [0.2, 0.25) is 0 Å². The van der Waals surface area contributed by atoms with Crippen LogP contribution in [0, 0.1) is 17.5 Å². The Kier molecular flexibility index (Phi) is 5.63. The summed E-state index contributed by atoms with van der Waals surface area (Å²) in [7, 11) is 1.22. The minimum atomic E-state index is -1.68. The molecule has 2 aromatic rings. The average molecular weight is 353 g/mol. The number of benzene rings is 2. The van der Waals surface area contributed by atoms with E-state index in [0.29, 0.717) is 6.07 Å². The van der Waals surface area contributed by atoms with Crippen LogP contribution in [0.15, 0.2) is 36.4 Å². The third-order valence-electron chi connectivity index (χ3n) is 3.23. The molecule has 0 fully saturated rings. The number of esters is 1.